The highest BCUT2D eigenvalue weighted by Crippen LogP contribution is 2.29. The Bertz CT molecular complexity index is 2480. The van der Waals surface area contributed by atoms with E-state index in [4.69, 9.17) is 9.84 Å². The Morgan fingerprint density at radius 3 is 2.56 bits per heavy atom. The van der Waals surface area contributed by atoms with Crippen LogP contribution < -0.4 is 26.8 Å². The lowest BCUT2D eigenvalue weighted by Crippen LogP contribution is -2.56. The zero-order valence-electron chi connectivity index (χ0n) is 33.8. The maximum absolute atomic E-state index is 14.1. The van der Waals surface area contributed by atoms with Crippen molar-refractivity contribution in [2.75, 3.05) is 11.9 Å². The number of nitrogens with zero attached hydrogens (tertiary/aromatic N) is 5. The van der Waals surface area contributed by atoms with Crippen molar-refractivity contribution >= 4 is 55.9 Å². The van der Waals surface area contributed by atoms with E-state index in [1.54, 1.807) is 36.5 Å². The van der Waals surface area contributed by atoms with Crippen molar-refractivity contribution in [2.24, 2.45) is 5.92 Å². The first-order valence-corrected chi connectivity index (χ1v) is 20.7. The number of hydrogen-bond acceptors (Lipinski definition) is 9. The molecule has 14 nitrogen and oxygen atoms in total. The van der Waals surface area contributed by atoms with E-state index in [-0.39, 0.29) is 29.3 Å². The van der Waals surface area contributed by atoms with E-state index in [1.807, 2.05) is 93.7 Å². The average molecular weight is 816 g/mol. The predicted molar refractivity (Wildman–Crippen MR) is 233 cm³/mol. The molecule has 3 aromatic heterocycles. The van der Waals surface area contributed by atoms with Gasteiger partial charge >= 0.3 is 6.03 Å². The summed E-state index contributed by atoms with van der Waals surface area (Å²) in [4.78, 5) is 63.7. The molecule has 0 saturated carbocycles. The highest BCUT2D eigenvalue weighted by atomic mass is 32.1. The van der Waals surface area contributed by atoms with Crippen LogP contribution in [0.2, 0.25) is 0 Å². The molecule has 5 aromatic rings. The SMILES string of the molecule is CC1C=S=C(OC(C)(C)C)N[C@@H]1C(=O)N[C@@H](C)C(=O)NCCCCn1nc(-c2ccc(NC(=O)N3Cc4ccncc4C3)cc2)cc(-c2cccc3ncccc23)c1=O. The van der Waals surface area contributed by atoms with Gasteiger partial charge in [0, 0.05) is 67.3 Å². The molecule has 0 fully saturated rings. The number of ether oxygens (including phenoxy) is 1. The summed E-state index contributed by atoms with van der Waals surface area (Å²) in [5, 5.41) is 20.0. The molecule has 3 atom stereocenters. The Morgan fingerprint density at radius 2 is 1.78 bits per heavy atom. The third-order valence-electron chi connectivity index (χ3n) is 10.1. The van der Waals surface area contributed by atoms with E-state index in [1.165, 1.54) is 15.6 Å². The number of nitrogens with one attached hydrogen (secondary N) is 4. The first-order chi connectivity index (χ1) is 28.3. The number of aryl methyl sites for hydroxylation is 1. The van der Waals surface area contributed by atoms with Gasteiger partial charge in [0.25, 0.3) is 5.56 Å². The van der Waals surface area contributed by atoms with Crippen molar-refractivity contribution in [3.05, 3.63) is 107 Å². The Hall–Kier alpha value is -6.03. The molecule has 0 spiro atoms. The summed E-state index contributed by atoms with van der Waals surface area (Å²) in [6.45, 7) is 11.1. The van der Waals surface area contributed by atoms with Crippen LogP contribution in [0.1, 0.15) is 58.6 Å². The molecule has 7 rings (SSSR count). The molecule has 59 heavy (non-hydrogen) atoms. The van der Waals surface area contributed by atoms with Crippen molar-refractivity contribution in [3.8, 4) is 22.4 Å². The lowest BCUT2D eigenvalue weighted by atomic mass is 10.00. The quantitative estimate of drug-likeness (QED) is 0.0991. The highest BCUT2D eigenvalue weighted by molar-refractivity contribution is 7.96. The molecule has 2 aliphatic rings. The molecule has 0 aliphatic carbocycles. The molecular formula is C44H49N9O5S. The van der Waals surface area contributed by atoms with Crippen LogP contribution >= 0.6 is 10.9 Å². The van der Waals surface area contributed by atoms with Crippen molar-refractivity contribution in [1.29, 1.82) is 0 Å². The lowest BCUT2D eigenvalue weighted by molar-refractivity contribution is -0.129. The number of anilines is 1. The van der Waals surface area contributed by atoms with Crippen LogP contribution in [0.15, 0.2) is 90.1 Å². The van der Waals surface area contributed by atoms with Crippen LogP contribution in [0.4, 0.5) is 10.5 Å². The standard InChI is InChI=1S/C44H49N9O5S/c1-27-26-59-43(58-44(3,4)5)50-38(27)40(55)48-28(2)39(54)47-18-6-7-21-53-41(56)35(33-10-8-12-36-34(33)11-9-19-46-36)22-37(51-53)29-13-15-32(16-14-29)49-42(57)52-24-30-17-20-45-23-31(30)25-52/h8-17,19-20,22-23,26-28,38,50H,6-7,18,21,24-25H2,1-5H3,(H,47,54)(H,48,55)(H,49,57)/t27?,28-,38-/m0/s1. The zero-order valence-corrected chi connectivity index (χ0v) is 34.6. The molecule has 1 unspecified atom stereocenters. The van der Waals surface area contributed by atoms with Crippen LogP contribution in [-0.2, 0) is 34.0 Å². The van der Waals surface area contributed by atoms with Gasteiger partial charge in [-0.2, -0.15) is 5.10 Å². The van der Waals surface area contributed by atoms with Crippen molar-refractivity contribution in [2.45, 2.75) is 84.8 Å². The van der Waals surface area contributed by atoms with E-state index < -0.39 is 17.7 Å². The van der Waals surface area contributed by atoms with E-state index in [2.05, 4.69) is 31.2 Å². The second-order valence-electron chi connectivity index (χ2n) is 15.8. The summed E-state index contributed by atoms with van der Waals surface area (Å²) in [5.74, 6) is -0.678. The topological polar surface area (TPSA) is 172 Å². The van der Waals surface area contributed by atoms with Gasteiger partial charge in [0.05, 0.1) is 28.4 Å². The maximum atomic E-state index is 14.1. The third kappa shape index (κ3) is 9.99. The molecule has 4 N–H and O–H groups in total. The summed E-state index contributed by atoms with van der Waals surface area (Å²) in [7, 11) is 1.42. The second kappa shape index (κ2) is 17.9. The van der Waals surface area contributed by atoms with Gasteiger partial charge in [-0.25, -0.2) is 14.8 Å². The van der Waals surface area contributed by atoms with Crippen LogP contribution in [0.5, 0.6) is 0 Å². The van der Waals surface area contributed by atoms with Gasteiger partial charge in [-0.15, -0.1) is 10.9 Å². The molecule has 5 heterocycles. The van der Waals surface area contributed by atoms with Gasteiger partial charge in [0.15, 0.2) is 5.17 Å². The fraction of sp³-hybridized carbons (Fsp3) is 0.341. The number of amides is 4. The summed E-state index contributed by atoms with van der Waals surface area (Å²) >= 11 is 0. The van der Waals surface area contributed by atoms with Crippen LogP contribution in [-0.4, -0.2) is 77.3 Å². The molecule has 0 bridgehead atoms. The number of carbonyl (C=O) groups excluding carboxylic acids is 3. The average Bonchev–Trinajstić information content (AvgIpc) is 3.66. The van der Waals surface area contributed by atoms with Gasteiger partial charge in [0.1, 0.15) is 6.04 Å². The minimum absolute atomic E-state index is 0.0830. The molecule has 0 radical (unpaired) electrons. The fourth-order valence-electron chi connectivity index (χ4n) is 6.95. The maximum Gasteiger partial charge on any atom is 0.322 e. The smallest absolute Gasteiger partial charge is 0.322 e. The number of unbranched alkanes of at least 4 members (excludes halogenated alkanes) is 1. The van der Waals surface area contributed by atoms with Gasteiger partial charge in [-0.1, -0.05) is 37.3 Å². The number of carbonyl (C=O) groups is 3. The van der Waals surface area contributed by atoms with Crippen LogP contribution in [0.3, 0.4) is 0 Å². The van der Waals surface area contributed by atoms with Crippen molar-refractivity contribution in [3.63, 3.8) is 0 Å². The number of hydrogen-bond donors (Lipinski definition) is 4. The van der Waals surface area contributed by atoms with E-state index in [0.717, 1.165) is 33.2 Å². The number of fused-ring (bicyclic) bond motifs is 2. The highest BCUT2D eigenvalue weighted by Gasteiger charge is 2.31. The Kier molecular flexibility index (Phi) is 12.4. The molecule has 306 valence electrons. The van der Waals surface area contributed by atoms with Crippen molar-refractivity contribution < 1.29 is 19.1 Å². The summed E-state index contributed by atoms with van der Waals surface area (Å²) < 4.78 is 7.40. The van der Waals surface area contributed by atoms with Gasteiger partial charge in [-0.3, -0.25) is 24.4 Å². The minimum Gasteiger partial charge on any atom is -0.354 e. The Balaban J connectivity index is 0.998. The van der Waals surface area contributed by atoms with Gasteiger partial charge < -0.3 is 25.6 Å². The molecular weight excluding hydrogens is 767 g/mol. The monoisotopic (exact) mass is 815 g/mol. The normalized spacial score (nSPS) is 16.8. The van der Waals surface area contributed by atoms with Gasteiger partial charge in [-0.05, 0) is 99.0 Å². The van der Waals surface area contributed by atoms with E-state index >= 15 is 0 Å². The third-order valence-corrected chi connectivity index (χ3v) is 11.1. The fourth-order valence-corrected chi connectivity index (χ4v) is 7.94. The summed E-state index contributed by atoms with van der Waals surface area (Å²) in [6, 6.07) is 19.1. The first kappa shape index (κ1) is 41.1. The number of benzene rings is 2. The molecule has 15 heteroatoms. The summed E-state index contributed by atoms with van der Waals surface area (Å²) in [5.41, 5.74) is 5.46. The Morgan fingerprint density at radius 1 is 0.983 bits per heavy atom. The van der Waals surface area contributed by atoms with E-state index in [0.29, 0.717) is 61.1 Å². The summed E-state index contributed by atoms with van der Waals surface area (Å²) in [6.07, 6.45) is 6.38. The van der Waals surface area contributed by atoms with Crippen molar-refractivity contribution in [1.82, 2.24) is 40.6 Å². The number of aromatic nitrogens is 4. The molecule has 0 saturated heterocycles. The van der Waals surface area contributed by atoms with Gasteiger partial charge in [0.2, 0.25) is 11.8 Å². The second-order valence-corrected chi connectivity index (χ2v) is 16.7. The first-order valence-electron chi connectivity index (χ1n) is 19.8. The van der Waals surface area contributed by atoms with Crippen LogP contribution in [0.25, 0.3) is 33.3 Å². The van der Waals surface area contributed by atoms with E-state index in [9.17, 15) is 19.2 Å². The number of urea groups is 1. The van der Waals surface area contributed by atoms with Crippen LogP contribution in [0, 0.1) is 5.92 Å². The zero-order chi connectivity index (χ0) is 41.7. The minimum atomic E-state index is -0.758. The molecule has 2 aromatic carbocycles. The molecule has 2 aliphatic heterocycles. The number of rotatable bonds is 11. The lowest BCUT2D eigenvalue weighted by Gasteiger charge is -2.29. The number of pyridine rings is 2. The largest absolute Gasteiger partial charge is 0.354 e. The Labute approximate surface area is 346 Å². The predicted octanol–water partition coefficient (Wildman–Crippen LogP) is 5.52. The molecule has 4 amide bonds.